The Morgan fingerprint density at radius 3 is 2.50 bits per heavy atom. The maximum atomic E-state index is 13.1. The summed E-state index contributed by atoms with van der Waals surface area (Å²) in [6, 6.07) is 3.14. The highest BCUT2D eigenvalue weighted by Gasteiger charge is 2.32. The number of rotatable bonds is 6. The molecule has 0 atom stereocenters. The van der Waals surface area contributed by atoms with Crippen LogP contribution in [0.3, 0.4) is 0 Å². The van der Waals surface area contributed by atoms with Crippen molar-refractivity contribution in [1.29, 1.82) is 0 Å². The summed E-state index contributed by atoms with van der Waals surface area (Å²) < 4.78 is 79.0. The molecule has 0 fully saturated rings. The minimum absolute atomic E-state index is 0.128. The van der Waals surface area contributed by atoms with Gasteiger partial charge in [0.2, 0.25) is 0 Å². The van der Waals surface area contributed by atoms with Crippen LogP contribution >= 0.6 is 0 Å². The van der Waals surface area contributed by atoms with Crippen LogP contribution in [0.15, 0.2) is 24.4 Å². The molecule has 1 aromatic carbocycles. The lowest BCUT2D eigenvalue weighted by atomic mass is 10.00. The zero-order valence-electron chi connectivity index (χ0n) is 14.6. The van der Waals surface area contributed by atoms with E-state index in [0.29, 0.717) is 0 Å². The van der Waals surface area contributed by atoms with E-state index in [-0.39, 0.29) is 46.1 Å². The smallest absolute Gasteiger partial charge is 0.416 e. The number of nitrogens with one attached hydrogen (secondary N) is 1. The molecule has 0 spiro atoms. The summed E-state index contributed by atoms with van der Waals surface area (Å²) in [5, 5.41) is 8.04. The summed E-state index contributed by atoms with van der Waals surface area (Å²) in [4.78, 5) is 2.63. The summed E-state index contributed by atoms with van der Waals surface area (Å²) in [7, 11) is 1.32. The van der Waals surface area contributed by atoms with Crippen LogP contribution in [-0.2, 0) is 10.9 Å². The third-order valence-electron chi connectivity index (χ3n) is 3.83. The molecule has 0 amide bonds. The zero-order chi connectivity index (χ0) is 20.5. The van der Waals surface area contributed by atoms with Crippen LogP contribution < -0.4 is 9.47 Å². The number of benzene rings is 1. The lowest BCUT2D eigenvalue weighted by molar-refractivity contribution is -0.137. The van der Waals surface area contributed by atoms with Gasteiger partial charge in [-0.2, -0.15) is 22.0 Å². The normalized spacial score (nSPS) is 12.0. The number of ether oxygens (including phenoxy) is 3. The van der Waals surface area contributed by atoms with Crippen LogP contribution in [0.5, 0.6) is 11.5 Å². The molecular weight excluding hydrogens is 389 g/mol. The van der Waals surface area contributed by atoms with Gasteiger partial charge in [0.1, 0.15) is 5.75 Å². The first kappa shape index (κ1) is 19.8. The topological polar surface area (TPSA) is 69.3 Å². The number of fused-ring (bicyclic) bond motifs is 1. The Morgan fingerprint density at radius 1 is 1.11 bits per heavy atom. The number of hydrogen-bond acceptors (Lipinski definition) is 5. The minimum Gasteiger partial charge on any atom is -0.467 e. The molecule has 0 saturated heterocycles. The van der Waals surface area contributed by atoms with E-state index in [4.69, 9.17) is 9.47 Å². The van der Waals surface area contributed by atoms with Gasteiger partial charge >= 0.3 is 12.8 Å². The molecule has 0 bridgehead atoms. The van der Waals surface area contributed by atoms with E-state index < -0.39 is 18.4 Å². The van der Waals surface area contributed by atoms with Crippen molar-refractivity contribution in [1.82, 2.24) is 15.2 Å². The van der Waals surface area contributed by atoms with Crippen LogP contribution in [-0.4, -0.2) is 35.7 Å². The summed E-state index contributed by atoms with van der Waals surface area (Å²) in [5.41, 5.74) is -0.158. The fourth-order valence-corrected chi connectivity index (χ4v) is 2.70. The fourth-order valence-electron chi connectivity index (χ4n) is 2.70. The van der Waals surface area contributed by atoms with Gasteiger partial charge < -0.3 is 19.2 Å². The molecule has 150 valence electrons. The number of hydrogen-bond donors (Lipinski definition) is 1. The lowest BCUT2D eigenvalue weighted by Gasteiger charge is -2.16. The van der Waals surface area contributed by atoms with Crippen molar-refractivity contribution in [3.05, 3.63) is 35.5 Å². The van der Waals surface area contributed by atoms with E-state index in [9.17, 15) is 22.0 Å². The number of nitrogens with zero attached hydrogens (tertiary/aromatic N) is 2. The average molecular weight is 403 g/mol. The number of aryl methyl sites for hydroxylation is 1. The Morgan fingerprint density at radius 2 is 1.86 bits per heavy atom. The molecule has 2 heterocycles. The van der Waals surface area contributed by atoms with E-state index in [0.717, 1.165) is 12.1 Å². The highest BCUT2D eigenvalue weighted by atomic mass is 19.4. The highest BCUT2D eigenvalue weighted by molar-refractivity contribution is 5.87. The molecule has 3 rings (SSSR count). The van der Waals surface area contributed by atoms with Gasteiger partial charge in [-0.3, -0.25) is 0 Å². The molecule has 1 N–H and O–H groups in total. The maximum Gasteiger partial charge on any atom is 0.416 e. The van der Waals surface area contributed by atoms with Gasteiger partial charge in [-0.25, -0.2) is 0 Å². The van der Waals surface area contributed by atoms with Crippen LogP contribution in [0.4, 0.5) is 22.0 Å². The van der Waals surface area contributed by atoms with Crippen molar-refractivity contribution < 1.29 is 36.2 Å². The predicted octanol–water partition coefficient (Wildman–Crippen LogP) is 4.54. The quantitative estimate of drug-likeness (QED) is 0.484. The van der Waals surface area contributed by atoms with Crippen LogP contribution in [0.25, 0.3) is 22.3 Å². The number of halogens is 5. The Bertz CT molecular complexity index is 988. The molecular formula is C17H14F5N3O3. The first-order chi connectivity index (χ1) is 13.2. The van der Waals surface area contributed by atoms with E-state index in [1.807, 2.05) is 0 Å². The summed E-state index contributed by atoms with van der Waals surface area (Å²) >= 11 is 0. The van der Waals surface area contributed by atoms with Gasteiger partial charge in [-0.15, -0.1) is 10.2 Å². The van der Waals surface area contributed by atoms with Crippen LogP contribution in [0, 0.1) is 6.92 Å². The maximum absolute atomic E-state index is 13.1. The second-order valence-corrected chi connectivity index (χ2v) is 5.74. The third kappa shape index (κ3) is 3.98. The number of H-pyrrole nitrogens is 1. The van der Waals surface area contributed by atoms with E-state index >= 15 is 0 Å². The second-order valence-electron chi connectivity index (χ2n) is 5.74. The number of alkyl halides is 5. The van der Waals surface area contributed by atoms with Crippen molar-refractivity contribution in [3.8, 4) is 22.8 Å². The van der Waals surface area contributed by atoms with Crippen LogP contribution in [0.2, 0.25) is 0 Å². The van der Waals surface area contributed by atoms with Crippen molar-refractivity contribution in [3.63, 3.8) is 0 Å². The Balaban J connectivity index is 2.16. The Hall–Kier alpha value is -2.95. The summed E-state index contributed by atoms with van der Waals surface area (Å²) in [5.74, 6) is -0.292. The van der Waals surface area contributed by atoms with Gasteiger partial charge in [0.05, 0.1) is 16.6 Å². The molecule has 2 aromatic heterocycles. The molecule has 6 nitrogen and oxygen atoms in total. The first-order valence-electron chi connectivity index (χ1n) is 7.84. The summed E-state index contributed by atoms with van der Waals surface area (Å²) in [6.07, 6.45) is -3.39. The molecule has 0 unspecified atom stereocenters. The van der Waals surface area contributed by atoms with Gasteiger partial charge in [0.25, 0.3) is 0 Å². The number of aromatic amines is 1. The monoisotopic (exact) mass is 403 g/mol. The molecule has 0 saturated carbocycles. The fraction of sp³-hybridized carbons (Fsp3) is 0.294. The largest absolute Gasteiger partial charge is 0.467 e. The molecule has 11 heteroatoms. The molecule has 0 aliphatic carbocycles. The standard InChI is InChI=1S/C17H14F5N3O3/c1-8-3-9(17(20,21)22)4-12(27-7-26-2)14(8)11-5-10-13(28-16(18)19)6-23-15(10)25-24-11/h3-6,16H,7H2,1-2H3,(H,23,25). The summed E-state index contributed by atoms with van der Waals surface area (Å²) in [6.45, 7) is -1.90. The van der Waals surface area contributed by atoms with Gasteiger partial charge in [-0.05, 0) is 30.7 Å². The lowest BCUT2D eigenvalue weighted by Crippen LogP contribution is -2.09. The first-order valence-corrected chi connectivity index (χ1v) is 7.84. The average Bonchev–Trinajstić information content (AvgIpc) is 3.00. The molecule has 0 aliphatic rings. The number of methoxy groups -OCH3 is 1. The zero-order valence-corrected chi connectivity index (χ0v) is 14.6. The van der Waals surface area contributed by atoms with Crippen LogP contribution in [0.1, 0.15) is 11.1 Å². The molecule has 28 heavy (non-hydrogen) atoms. The third-order valence-corrected chi connectivity index (χ3v) is 3.83. The Kier molecular flexibility index (Phi) is 5.36. The van der Waals surface area contributed by atoms with Gasteiger partial charge in [0.15, 0.2) is 18.2 Å². The number of aromatic nitrogens is 3. The highest BCUT2D eigenvalue weighted by Crippen LogP contribution is 2.40. The molecule has 0 aliphatic heterocycles. The SMILES string of the molecule is COCOc1cc(C(F)(F)F)cc(C)c1-c1cc2c(OC(F)F)c[nH]c2nn1. The molecule has 0 radical (unpaired) electrons. The van der Waals surface area contributed by atoms with Crippen molar-refractivity contribution in [2.24, 2.45) is 0 Å². The Labute approximate surface area is 155 Å². The molecule has 3 aromatic rings. The minimum atomic E-state index is -4.58. The van der Waals surface area contributed by atoms with E-state index in [1.165, 1.54) is 26.3 Å². The van der Waals surface area contributed by atoms with Gasteiger partial charge in [-0.1, -0.05) is 0 Å². The van der Waals surface area contributed by atoms with E-state index in [1.54, 1.807) is 0 Å². The second kappa shape index (κ2) is 7.58. The van der Waals surface area contributed by atoms with Crippen molar-refractivity contribution >= 4 is 11.0 Å². The van der Waals surface area contributed by atoms with E-state index in [2.05, 4.69) is 19.9 Å². The predicted molar refractivity (Wildman–Crippen MR) is 88.2 cm³/mol. The van der Waals surface area contributed by atoms with Gasteiger partial charge in [0, 0.05) is 18.9 Å². The van der Waals surface area contributed by atoms with Crippen molar-refractivity contribution in [2.75, 3.05) is 13.9 Å². The van der Waals surface area contributed by atoms with Crippen molar-refractivity contribution in [2.45, 2.75) is 19.7 Å².